The number of rotatable bonds is 6. The molecule has 4 fully saturated rings. The molecule has 4 aliphatic rings. The molecule has 0 aliphatic carbocycles. The van der Waals surface area contributed by atoms with Gasteiger partial charge in [0.2, 0.25) is 0 Å². The molecule has 4 aliphatic heterocycles. The van der Waals surface area contributed by atoms with Crippen molar-refractivity contribution in [1.29, 1.82) is 0 Å². The molecule has 0 spiro atoms. The second-order valence-electron chi connectivity index (χ2n) is 9.42. The van der Waals surface area contributed by atoms with Crippen molar-refractivity contribution in [2.45, 2.75) is 114 Å². The highest BCUT2D eigenvalue weighted by atomic mass is 16.8. The van der Waals surface area contributed by atoms with E-state index in [1.54, 1.807) is 13.2 Å². The van der Waals surface area contributed by atoms with Crippen LogP contribution in [0, 0.1) is 0 Å². The van der Waals surface area contributed by atoms with Crippen molar-refractivity contribution in [3.63, 3.8) is 0 Å². The Hall–Kier alpha value is -0.910. The molecule has 9 nitrogen and oxygen atoms in total. The number of aldehydes is 1. The first-order valence-electron chi connectivity index (χ1n) is 11.2. The minimum Gasteiger partial charge on any atom is -0.353 e. The van der Waals surface area contributed by atoms with Gasteiger partial charge in [0.25, 0.3) is 0 Å². The molecule has 0 radical (unpaired) electrons. The lowest BCUT2D eigenvalue weighted by Crippen LogP contribution is -2.44. The lowest BCUT2D eigenvalue weighted by molar-refractivity contribution is -0.243. The largest absolute Gasteiger partial charge is 0.353 e. The first kappa shape index (κ1) is 25.7. The second kappa shape index (κ2) is 9.03. The van der Waals surface area contributed by atoms with Crippen molar-refractivity contribution in [2.75, 3.05) is 14.2 Å². The second-order valence-corrected chi connectivity index (χ2v) is 9.42. The topological polar surface area (TPSA) is 90.9 Å². The Morgan fingerprint density at radius 2 is 1.16 bits per heavy atom. The maximum absolute atomic E-state index is 11.3. The van der Waals surface area contributed by atoms with Gasteiger partial charge < -0.3 is 42.7 Å². The number of ether oxygens (including phenoxy) is 8. The normalized spacial score (nSPS) is 45.6. The molecule has 0 amide bonds. The van der Waals surface area contributed by atoms with Gasteiger partial charge in [-0.05, 0) is 40.5 Å². The van der Waals surface area contributed by atoms with Crippen LogP contribution in [0.1, 0.15) is 54.4 Å². The van der Waals surface area contributed by atoms with Crippen LogP contribution in [-0.4, -0.2) is 80.3 Å². The smallest absolute Gasteiger partial charge is 0.187 e. The van der Waals surface area contributed by atoms with Gasteiger partial charge in [0.05, 0.1) is 0 Å². The molecule has 184 valence electrons. The lowest BCUT2D eigenvalue weighted by Gasteiger charge is -2.30. The third kappa shape index (κ3) is 4.30. The molecule has 0 aromatic heterocycles. The van der Waals surface area contributed by atoms with Crippen LogP contribution in [0.2, 0.25) is 0 Å². The average molecular weight is 459 g/mol. The van der Waals surface area contributed by atoms with E-state index >= 15 is 0 Å². The van der Waals surface area contributed by atoms with E-state index < -0.39 is 35.2 Å². The maximum atomic E-state index is 11.3. The van der Waals surface area contributed by atoms with Crippen LogP contribution in [0.25, 0.3) is 0 Å². The monoisotopic (exact) mass is 458 g/mol. The van der Waals surface area contributed by atoms with E-state index in [1.807, 2.05) is 41.5 Å². The Labute approximate surface area is 190 Å². The highest BCUT2D eigenvalue weighted by Gasteiger charge is 2.63. The molecule has 0 saturated carbocycles. The van der Waals surface area contributed by atoms with Gasteiger partial charge in [0, 0.05) is 14.2 Å². The van der Waals surface area contributed by atoms with Crippen molar-refractivity contribution in [1.82, 2.24) is 0 Å². The minimum atomic E-state index is -0.945. The van der Waals surface area contributed by atoms with Crippen LogP contribution in [0.5, 0.6) is 0 Å². The van der Waals surface area contributed by atoms with E-state index in [1.165, 1.54) is 7.11 Å². The van der Waals surface area contributed by atoms with Crippen LogP contribution >= 0.6 is 0 Å². The summed E-state index contributed by atoms with van der Waals surface area (Å²) in [6.45, 7) is 15.2. The summed E-state index contributed by atoms with van der Waals surface area (Å²) in [4.78, 5) is 11.3. The molecule has 4 rings (SSSR count). The molecule has 8 atom stereocenters. The third-order valence-electron chi connectivity index (χ3n) is 6.54. The summed E-state index contributed by atoms with van der Waals surface area (Å²) in [5.41, 5.74) is -1.45. The van der Waals surface area contributed by atoms with E-state index in [4.69, 9.17) is 37.9 Å². The van der Waals surface area contributed by atoms with Crippen molar-refractivity contribution >= 4 is 6.29 Å². The van der Waals surface area contributed by atoms with Crippen molar-refractivity contribution < 1.29 is 42.7 Å². The van der Waals surface area contributed by atoms with Gasteiger partial charge in [-0.15, -0.1) is 6.58 Å². The molecule has 0 N–H and O–H groups in total. The standard InChI is InChI=1S/C12H20O4.C11H18O5/c1-6-12(7-2)9-8(10(13-5)16-12)14-11(3,4)15-9;1-5-11(6-12)8-7(9(13-4)16-11)14-10(2,3)15-8/h6,8-10H,1,7H2,2-5H3;6-9H,5H2,1-4H3/t8?,9-,10-,12-;7?,8-,9-,11+/m11/s1. The minimum absolute atomic E-state index is 0.144. The van der Waals surface area contributed by atoms with Gasteiger partial charge in [0.15, 0.2) is 36.0 Å². The molecule has 9 heteroatoms. The Balaban J connectivity index is 0.000000181. The van der Waals surface area contributed by atoms with E-state index in [9.17, 15) is 4.79 Å². The summed E-state index contributed by atoms with van der Waals surface area (Å²) in [5.74, 6) is -1.28. The molecule has 4 heterocycles. The summed E-state index contributed by atoms with van der Waals surface area (Å²) < 4.78 is 45.1. The van der Waals surface area contributed by atoms with Gasteiger partial charge in [-0.25, -0.2) is 0 Å². The van der Waals surface area contributed by atoms with Gasteiger partial charge in [-0.3, -0.25) is 0 Å². The Kier molecular flexibility index (Phi) is 7.26. The Morgan fingerprint density at radius 3 is 1.50 bits per heavy atom. The molecular formula is C23H38O9. The van der Waals surface area contributed by atoms with Gasteiger partial charge in [-0.2, -0.15) is 0 Å². The SMILES string of the molecule is C=C[C@]1(CC)O[C@@H](OC)C2OC(C)(C)O[C@H]21.CC[C@@]1(C=O)O[C@@H](OC)C2OC(C)(C)O[C@H]21. The number of hydrogen-bond acceptors (Lipinski definition) is 9. The van der Waals surface area contributed by atoms with E-state index in [0.717, 1.165) is 12.7 Å². The quantitative estimate of drug-likeness (QED) is 0.440. The third-order valence-corrected chi connectivity index (χ3v) is 6.54. The van der Waals surface area contributed by atoms with Gasteiger partial charge >= 0.3 is 0 Å². The van der Waals surface area contributed by atoms with Gasteiger partial charge in [0.1, 0.15) is 30.0 Å². The highest BCUT2D eigenvalue weighted by molar-refractivity contribution is 5.65. The molecule has 2 unspecified atom stereocenters. The number of methoxy groups -OCH3 is 2. The van der Waals surface area contributed by atoms with E-state index in [-0.39, 0.29) is 24.6 Å². The summed E-state index contributed by atoms with van der Waals surface area (Å²) in [6, 6.07) is 0. The van der Waals surface area contributed by atoms with Crippen LogP contribution in [0.3, 0.4) is 0 Å². The summed E-state index contributed by atoms with van der Waals surface area (Å²) in [7, 11) is 3.15. The Bertz CT molecular complexity index is 637. The summed E-state index contributed by atoms with van der Waals surface area (Å²) in [6.07, 6.45) is 1.94. The Morgan fingerprint density at radius 1 is 0.750 bits per heavy atom. The van der Waals surface area contributed by atoms with Crippen molar-refractivity contribution in [2.24, 2.45) is 0 Å². The summed E-state index contributed by atoms with van der Waals surface area (Å²) in [5, 5.41) is 0. The number of carbonyl (C=O) groups is 1. The molecule has 4 saturated heterocycles. The molecular weight excluding hydrogens is 420 g/mol. The fourth-order valence-electron chi connectivity index (χ4n) is 4.85. The number of carbonyl (C=O) groups excluding carboxylic acids is 1. The van der Waals surface area contributed by atoms with E-state index in [2.05, 4.69) is 6.58 Å². The van der Waals surface area contributed by atoms with Crippen LogP contribution in [0.15, 0.2) is 12.7 Å². The zero-order chi connectivity index (χ0) is 23.9. The predicted molar refractivity (Wildman–Crippen MR) is 114 cm³/mol. The van der Waals surface area contributed by atoms with Gasteiger partial charge in [-0.1, -0.05) is 19.9 Å². The lowest BCUT2D eigenvalue weighted by atomic mass is 9.93. The zero-order valence-corrected chi connectivity index (χ0v) is 20.4. The van der Waals surface area contributed by atoms with Crippen molar-refractivity contribution in [3.8, 4) is 0 Å². The fraction of sp³-hybridized carbons (Fsp3) is 0.870. The highest BCUT2D eigenvalue weighted by Crippen LogP contribution is 2.46. The average Bonchev–Trinajstić information content (AvgIpc) is 3.43. The van der Waals surface area contributed by atoms with Crippen LogP contribution in [-0.2, 0) is 42.7 Å². The molecule has 0 aromatic carbocycles. The summed E-state index contributed by atoms with van der Waals surface area (Å²) >= 11 is 0. The van der Waals surface area contributed by atoms with Crippen LogP contribution < -0.4 is 0 Å². The molecule has 0 bridgehead atoms. The number of fused-ring (bicyclic) bond motifs is 2. The maximum Gasteiger partial charge on any atom is 0.187 e. The number of hydrogen-bond donors (Lipinski definition) is 0. The van der Waals surface area contributed by atoms with Crippen LogP contribution in [0.4, 0.5) is 0 Å². The molecule has 32 heavy (non-hydrogen) atoms. The fourth-order valence-corrected chi connectivity index (χ4v) is 4.85. The first-order valence-corrected chi connectivity index (χ1v) is 11.2. The predicted octanol–water partition coefficient (Wildman–Crippen LogP) is 2.70. The van der Waals surface area contributed by atoms with Crippen molar-refractivity contribution in [3.05, 3.63) is 12.7 Å². The molecule has 0 aromatic rings. The zero-order valence-electron chi connectivity index (χ0n) is 20.4. The first-order chi connectivity index (χ1) is 15.0. The van der Waals surface area contributed by atoms with E-state index in [0.29, 0.717) is 6.42 Å².